The van der Waals surface area contributed by atoms with Crippen molar-refractivity contribution < 1.29 is 17.6 Å². The van der Waals surface area contributed by atoms with Gasteiger partial charge in [0.05, 0.1) is 16.8 Å². The van der Waals surface area contributed by atoms with Gasteiger partial charge in [0.15, 0.2) is 0 Å². The Hall–Kier alpha value is -1.99. The van der Waals surface area contributed by atoms with Crippen LogP contribution >= 0.6 is 11.6 Å². The van der Waals surface area contributed by atoms with Gasteiger partial charge in [-0.3, -0.25) is 5.01 Å². The Morgan fingerprint density at radius 2 is 1.84 bits per heavy atom. The zero-order valence-corrected chi connectivity index (χ0v) is 14.3. The number of rotatable bonds is 3. The molecule has 1 aliphatic heterocycles. The second-order valence-electron chi connectivity index (χ2n) is 5.90. The van der Waals surface area contributed by atoms with Crippen LogP contribution in [0.3, 0.4) is 0 Å². The van der Waals surface area contributed by atoms with E-state index in [-0.39, 0.29) is 5.02 Å². The van der Waals surface area contributed by atoms with Gasteiger partial charge in [0.2, 0.25) is 0 Å². The molecule has 1 aromatic heterocycles. The fourth-order valence-corrected chi connectivity index (χ4v) is 2.75. The highest BCUT2D eigenvalue weighted by atomic mass is 35.5. The summed E-state index contributed by atoms with van der Waals surface area (Å²) in [6, 6.07) is 7.01. The van der Waals surface area contributed by atoms with E-state index in [1.165, 1.54) is 12.1 Å². The fraction of sp³-hybridized carbons (Fsp3) is 0.353. The molecule has 0 N–H and O–H groups in total. The minimum atomic E-state index is -4.51. The lowest BCUT2D eigenvalue weighted by atomic mass is 10.1. The van der Waals surface area contributed by atoms with Gasteiger partial charge in [0, 0.05) is 31.7 Å². The molecule has 1 fully saturated rings. The van der Waals surface area contributed by atoms with Crippen LogP contribution in [0.1, 0.15) is 11.3 Å². The minimum Gasteiger partial charge on any atom is -0.455 e. The van der Waals surface area contributed by atoms with Gasteiger partial charge in [-0.05, 0) is 37.4 Å². The number of furan rings is 1. The molecule has 0 radical (unpaired) electrons. The van der Waals surface area contributed by atoms with Crippen LogP contribution in [0.4, 0.5) is 13.2 Å². The van der Waals surface area contributed by atoms with Crippen molar-refractivity contribution in [2.45, 2.75) is 6.18 Å². The third kappa shape index (κ3) is 4.35. The van der Waals surface area contributed by atoms with Crippen LogP contribution in [0.5, 0.6) is 0 Å². The monoisotopic (exact) mass is 371 g/mol. The first kappa shape index (κ1) is 17.8. The maximum atomic E-state index is 13.0. The molecule has 0 unspecified atom stereocenters. The summed E-state index contributed by atoms with van der Waals surface area (Å²) in [5.74, 6) is 0.819. The van der Waals surface area contributed by atoms with Gasteiger partial charge in [0.1, 0.15) is 11.5 Å². The van der Waals surface area contributed by atoms with Crippen LogP contribution in [0.25, 0.3) is 11.3 Å². The SMILES string of the molecule is CN1CCN(/N=C\c2ccc(-c3ccc(Cl)c(C(F)(F)F)c3)o2)CC1. The van der Waals surface area contributed by atoms with Crippen LogP contribution in [-0.2, 0) is 6.18 Å². The number of hydrogen-bond donors (Lipinski definition) is 0. The van der Waals surface area contributed by atoms with Crippen molar-refractivity contribution in [1.29, 1.82) is 0 Å². The molecule has 0 atom stereocenters. The Labute approximate surface area is 148 Å². The van der Waals surface area contributed by atoms with Crippen LogP contribution in [-0.4, -0.2) is 49.4 Å². The number of benzene rings is 1. The molecule has 1 saturated heterocycles. The summed E-state index contributed by atoms with van der Waals surface area (Å²) in [7, 11) is 2.06. The largest absolute Gasteiger partial charge is 0.455 e. The summed E-state index contributed by atoms with van der Waals surface area (Å²) in [5, 5.41) is 5.96. The molecule has 2 heterocycles. The topological polar surface area (TPSA) is 32.0 Å². The molecular formula is C17H17ClF3N3O. The molecule has 0 amide bonds. The molecule has 3 rings (SSSR count). The van der Waals surface area contributed by atoms with E-state index in [1.807, 2.05) is 5.01 Å². The summed E-state index contributed by atoms with van der Waals surface area (Å²) < 4.78 is 44.5. The number of alkyl halides is 3. The smallest absolute Gasteiger partial charge is 0.417 e. The number of likely N-dealkylation sites (N-methyl/N-ethyl adjacent to an activating group) is 1. The molecule has 4 nitrogen and oxygen atoms in total. The van der Waals surface area contributed by atoms with E-state index in [0.717, 1.165) is 32.2 Å². The van der Waals surface area contributed by atoms with Crippen molar-refractivity contribution in [2.75, 3.05) is 33.2 Å². The summed E-state index contributed by atoms with van der Waals surface area (Å²) in [4.78, 5) is 2.22. The third-order valence-electron chi connectivity index (χ3n) is 4.01. The van der Waals surface area contributed by atoms with Gasteiger partial charge in [-0.2, -0.15) is 18.3 Å². The summed E-state index contributed by atoms with van der Waals surface area (Å²) >= 11 is 5.64. The second-order valence-corrected chi connectivity index (χ2v) is 6.30. The maximum absolute atomic E-state index is 13.0. The number of hydrazone groups is 1. The Balaban J connectivity index is 1.75. The van der Waals surface area contributed by atoms with Gasteiger partial charge in [0.25, 0.3) is 0 Å². The number of halogens is 4. The predicted octanol–water partition coefficient (Wildman–Crippen LogP) is 4.20. The molecule has 25 heavy (non-hydrogen) atoms. The number of hydrogen-bond acceptors (Lipinski definition) is 4. The number of nitrogens with zero attached hydrogens (tertiary/aromatic N) is 3. The Bertz CT molecular complexity index is 765. The summed E-state index contributed by atoms with van der Waals surface area (Å²) in [6.45, 7) is 3.52. The second kappa shape index (κ2) is 7.09. The van der Waals surface area contributed by atoms with E-state index in [2.05, 4.69) is 17.0 Å². The molecule has 134 valence electrons. The van der Waals surface area contributed by atoms with Gasteiger partial charge >= 0.3 is 6.18 Å². The lowest BCUT2D eigenvalue weighted by molar-refractivity contribution is -0.137. The fourth-order valence-electron chi connectivity index (χ4n) is 2.52. The molecular weight excluding hydrogens is 355 g/mol. The van der Waals surface area contributed by atoms with E-state index >= 15 is 0 Å². The maximum Gasteiger partial charge on any atom is 0.417 e. The summed E-state index contributed by atoms with van der Waals surface area (Å²) in [6.07, 6.45) is -2.93. The van der Waals surface area contributed by atoms with Crippen molar-refractivity contribution in [2.24, 2.45) is 5.10 Å². The Kier molecular flexibility index (Phi) is 5.06. The van der Waals surface area contributed by atoms with Gasteiger partial charge in [-0.25, -0.2) is 0 Å². The first-order valence-corrected chi connectivity index (χ1v) is 8.15. The lowest BCUT2D eigenvalue weighted by Crippen LogP contribution is -2.41. The lowest BCUT2D eigenvalue weighted by Gasteiger charge is -2.30. The average molecular weight is 372 g/mol. The van der Waals surface area contributed by atoms with Gasteiger partial charge in [-0.15, -0.1) is 0 Å². The van der Waals surface area contributed by atoms with Crippen LogP contribution in [0.2, 0.25) is 5.02 Å². The van der Waals surface area contributed by atoms with Gasteiger partial charge in [-0.1, -0.05) is 11.6 Å². The molecule has 0 aliphatic carbocycles. The standard InChI is InChI=1S/C17H17ClF3N3O/c1-23-6-8-24(9-7-23)22-11-13-3-5-16(25-13)12-2-4-15(18)14(10-12)17(19,20)21/h2-5,10-11H,6-9H2,1H3/b22-11-. The van der Waals surface area contributed by atoms with E-state index in [9.17, 15) is 13.2 Å². The molecule has 2 aromatic rings. The molecule has 0 bridgehead atoms. The molecule has 1 aromatic carbocycles. The third-order valence-corrected chi connectivity index (χ3v) is 4.34. The Morgan fingerprint density at radius 3 is 2.52 bits per heavy atom. The van der Waals surface area contributed by atoms with Crippen molar-refractivity contribution >= 4 is 17.8 Å². The summed E-state index contributed by atoms with van der Waals surface area (Å²) in [5.41, 5.74) is -0.563. The van der Waals surface area contributed by atoms with E-state index in [1.54, 1.807) is 18.3 Å². The van der Waals surface area contributed by atoms with Crippen LogP contribution in [0, 0.1) is 0 Å². The average Bonchev–Trinajstić information content (AvgIpc) is 3.03. The molecule has 0 saturated carbocycles. The van der Waals surface area contributed by atoms with Crippen LogP contribution < -0.4 is 0 Å². The molecule has 8 heteroatoms. The highest BCUT2D eigenvalue weighted by molar-refractivity contribution is 6.31. The van der Waals surface area contributed by atoms with Crippen molar-refractivity contribution in [3.63, 3.8) is 0 Å². The van der Waals surface area contributed by atoms with E-state index < -0.39 is 11.7 Å². The van der Waals surface area contributed by atoms with E-state index in [0.29, 0.717) is 17.1 Å². The number of piperazine rings is 1. The van der Waals surface area contributed by atoms with Gasteiger partial charge < -0.3 is 9.32 Å². The highest BCUT2D eigenvalue weighted by Crippen LogP contribution is 2.37. The van der Waals surface area contributed by atoms with Crippen LogP contribution in [0.15, 0.2) is 39.9 Å². The first-order valence-electron chi connectivity index (χ1n) is 7.77. The highest BCUT2D eigenvalue weighted by Gasteiger charge is 2.33. The zero-order valence-electron chi connectivity index (χ0n) is 13.6. The molecule has 0 spiro atoms. The normalized spacial score (nSPS) is 16.8. The zero-order chi connectivity index (χ0) is 18.0. The predicted molar refractivity (Wildman–Crippen MR) is 90.8 cm³/mol. The van der Waals surface area contributed by atoms with Crippen molar-refractivity contribution in [1.82, 2.24) is 9.91 Å². The minimum absolute atomic E-state index is 0.316. The van der Waals surface area contributed by atoms with Crippen molar-refractivity contribution in [3.05, 3.63) is 46.7 Å². The quantitative estimate of drug-likeness (QED) is 0.758. The molecule has 1 aliphatic rings. The Morgan fingerprint density at radius 1 is 1.12 bits per heavy atom. The van der Waals surface area contributed by atoms with E-state index in [4.69, 9.17) is 16.0 Å². The van der Waals surface area contributed by atoms with Crippen molar-refractivity contribution in [3.8, 4) is 11.3 Å². The first-order chi connectivity index (χ1) is 11.8.